The average Bonchev–Trinajstić information content (AvgIpc) is 2.98. The minimum atomic E-state index is -0.0280. The quantitative estimate of drug-likeness (QED) is 0.796. The van der Waals surface area contributed by atoms with Gasteiger partial charge in [0, 0.05) is 0 Å². The molecule has 20 heavy (non-hydrogen) atoms. The van der Waals surface area contributed by atoms with Crippen LogP contribution in [0.25, 0.3) is 0 Å². The number of amides is 1. The van der Waals surface area contributed by atoms with Gasteiger partial charge in [-0.1, -0.05) is 43.3 Å². The summed E-state index contributed by atoms with van der Waals surface area (Å²) in [6.45, 7) is 4.08. The topological polar surface area (TPSA) is 29.1 Å². The van der Waals surface area contributed by atoms with E-state index in [4.69, 9.17) is 0 Å². The molecule has 0 saturated carbocycles. The van der Waals surface area contributed by atoms with Crippen molar-refractivity contribution in [2.24, 2.45) is 0 Å². The summed E-state index contributed by atoms with van der Waals surface area (Å²) in [4.78, 5) is 12.4. The highest BCUT2D eigenvalue weighted by Gasteiger charge is 2.20. The van der Waals surface area contributed by atoms with E-state index in [9.17, 15) is 4.79 Å². The van der Waals surface area contributed by atoms with Crippen LogP contribution in [0.15, 0.2) is 52.1 Å². The van der Waals surface area contributed by atoms with Gasteiger partial charge < -0.3 is 5.32 Å². The zero-order valence-electron chi connectivity index (χ0n) is 11.7. The van der Waals surface area contributed by atoms with E-state index in [-0.39, 0.29) is 17.2 Å². The van der Waals surface area contributed by atoms with E-state index in [1.54, 1.807) is 23.1 Å². The number of carbonyl (C=O) groups excluding carboxylic acids is 1. The Morgan fingerprint density at radius 1 is 1.25 bits per heavy atom. The van der Waals surface area contributed by atoms with Gasteiger partial charge in [0.25, 0.3) is 0 Å². The third-order valence-corrected chi connectivity index (χ3v) is 5.51. The molecule has 4 heteroatoms. The molecule has 1 amide bonds. The smallest absolute Gasteiger partial charge is 0.233 e. The Morgan fingerprint density at radius 3 is 2.60 bits per heavy atom. The van der Waals surface area contributed by atoms with Crippen LogP contribution in [0.4, 0.5) is 0 Å². The van der Waals surface area contributed by atoms with Crippen molar-refractivity contribution in [3.63, 3.8) is 0 Å². The third kappa shape index (κ3) is 4.12. The van der Waals surface area contributed by atoms with Crippen molar-refractivity contribution in [3.8, 4) is 0 Å². The average molecular weight is 305 g/mol. The molecule has 2 rings (SSSR count). The lowest BCUT2D eigenvalue weighted by atomic mass is 10.1. The monoisotopic (exact) mass is 305 g/mol. The van der Waals surface area contributed by atoms with Crippen LogP contribution in [0.3, 0.4) is 0 Å². The molecular formula is C16H19NOS2. The van der Waals surface area contributed by atoms with Gasteiger partial charge in [-0.25, -0.2) is 0 Å². The zero-order chi connectivity index (χ0) is 14.4. The fourth-order valence-electron chi connectivity index (χ4n) is 1.92. The van der Waals surface area contributed by atoms with Crippen LogP contribution in [-0.4, -0.2) is 11.2 Å². The molecule has 0 aliphatic heterocycles. The van der Waals surface area contributed by atoms with Crippen LogP contribution in [0.5, 0.6) is 0 Å². The Bertz CT molecular complexity index is 525. The van der Waals surface area contributed by atoms with E-state index in [1.165, 1.54) is 4.21 Å². The fraction of sp³-hybridized carbons (Fsp3) is 0.312. The van der Waals surface area contributed by atoms with Crippen LogP contribution in [0.1, 0.15) is 31.9 Å². The lowest BCUT2D eigenvalue weighted by Gasteiger charge is -2.19. The third-order valence-electron chi connectivity index (χ3n) is 3.08. The molecule has 0 saturated heterocycles. The minimum absolute atomic E-state index is 0.0280. The van der Waals surface area contributed by atoms with E-state index in [1.807, 2.05) is 48.7 Å². The van der Waals surface area contributed by atoms with Gasteiger partial charge in [0.2, 0.25) is 5.91 Å². The van der Waals surface area contributed by atoms with E-state index < -0.39 is 0 Å². The van der Waals surface area contributed by atoms with Crippen molar-refractivity contribution in [1.82, 2.24) is 5.32 Å². The summed E-state index contributed by atoms with van der Waals surface area (Å²) >= 11 is 3.33. The Kier molecular flexibility index (Phi) is 5.68. The Morgan fingerprint density at radius 2 is 2.00 bits per heavy atom. The summed E-state index contributed by atoms with van der Waals surface area (Å²) in [7, 11) is 0. The number of thioether (sulfide) groups is 1. The van der Waals surface area contributed by atoms with Gasteiger partial charge in [-0.05, 0) is 30.4 Å². The molecule has 0 radical (unpaired) electrons. The molecule has 0 aliphatic carbocycles. The summed E-state index contributed by atoms with van der Waals surface area (Å²) in [6, 6.07) is 14.2. The molecule has 0 fully saturated rings. The fourth-order valence-corrected chi connectivity index (χ4v) is 3.89. The SMILES string of the molecule is CC[C@H](Sc1cccs1)C(=O)N[C@H](C)c1ccccc1. The van der Waals surface area contributed by atoms with Crippen LogP contribution < -0.4 is 5.32 Å². The van der Waals surface area contributed by atoms with Crippen LogP contribution in [0, 0.1) is 0 Å². The summed E-state index contributed by atoms with van der Waals surface area (Å²) in [5, 5.41) is 5.12. The second-order valence-electron chi connectivity index (χ2n) is 4.59. The van der Waals surface area contributed by atoms with Crippen molar-refractivity contribution in [1.29, 1.82) is 0 Å². The van der Waals surface area contributed by atoms with Crippen molar-refractivity contribution in [2.75, 3.05) is 0 Å². The predicted molar refractivity (Wildman–Crippen MR) is 87.3 cm³/mol. The highest BCUT2D eigenvalue weighted by Crippen LogP contribution is 2.29. The molecule has 1 aromatic heterocycles. The maximum atomic E-state index is 12.4. The highest BCUT2D eigenvalue weighted by atomic mass is 32.2. The first kappa shape index (κ1) is 15.1. The van der Waals surface area contributed by atoms with Crippen molar-refractivity contribution in [2.45, 2.75) is 35.8 Å². The summed E-state index contributed by atoms with van der Waals surface area (Å²) in [6.07, 6.45) is 0.829. The number of nitrogens with one attached hydrogen (secondary N) is 1. The molecule has 1 heterocycles. The number of benzene rings is 1. The molecule has 106 valence electrons. The lowest BCUT2D eigenvalue weighted by Crippen LogP contribution is -2.34. The van der Waals surface area contributed by atoms with Gasteiger partial charge >= 0.3 is 0 Å². The molecule has 0 unspecified atom stereocenters. The molecule has 2 nitrogen and oxygen atoms in total. The maximum Gasteiger partial charge on any atom is 0.233 e. The van der Waals surface area contributed by atoms with Gasteiger partial charge in [0.15, 0.2) is 0 Å². The van der Waals surface area contributed by atoms with Crippen LogP contribution in [-0.2, 0) is 4.79 Å². The van der Waals surface area contributed by atoms with Crippen LogP contribution >= 0.6 is 23.1 Å². The van der Waals surface area contributed by atoms with Gasteiger partial charge in [0.05, 0.1) is 15.5 Å². The van der Waals surface area contributed by atoms with Gasteiger partial charge in [0.1, 0.15) is 0 Å². The standard InChI is InChI=1S/C16H19NOS2/c1-3-14(20-15-10-7-11-19-15)16(18)17-12(2)13-8-5-4-6-9-13/h4-12,14H,3H2,1-2H3,(H,17,18)/t12-,14+/m1/s1. The number of hydrogen-bond acceptors (Lipinski definition) is 3. The van der Waals surface area contributed by atoms with E-state index >= 15 is 0 Å². The van der Waals surface area contributed by atoms with Gasteiger partial charge in [-0.3, -0.25) is 4.79 Å². The normalized spacial score (nSPS) is 13.7. The Hall–Kier alpha value is -1.26. The molecule has 2 aromatic rings. The number of rotatable bonds is 6. The van der Waals surface area contributed by atoms with E-state index in [0.29, 0.717) is 0 Å². The van der Waals surface area contributed by atoms with E-state index in [2.05, 4.69) is 18.3 Å². The second kappa shape index (κ2) is 7.50. The molecule has 0 spiro atoms. The lowest BCUT2D eigenvalue weighted by molar-refractivity contribution is -0.121. The summed E-state index contributed by atoms with van der Waals surface area (Å²) in [5.41, 5.74) is 1.14. The first-order valence-corrected chi connectivity index (χ1v) is 8.52. The molecule has 1 aromatic carbocycles. The number of thiophene rings is 1. The predicted octanol–water partition coefficient (Wildman–Crippen LogP) is 4.50. The molecule has 0 aliphatic rings. The second-order valence-corrected chi connectivity index (χ2v) is 7.04. The van der Waals surface area contributed by atoms with Crippen molar-refractivity contribution < 1.29 is 4.79 Å². The largest absolute Gasteiger partial charge is 0.349 e. The molecule has 1 N–H and O–H groups in total. The molecule has 2 atom stereocenters. The number of carbonyl (C=O) groups is 1. The van der Waals surface area contributed by atoms with Gasteiger partial charge in [-0.2, -0.15) is 0 Å². The summed E-state index contributed by atoms with van der Waals surface area (Å²) in [5.74, 6) is 0.113. The highest BCUT2D eigenvalue weighted by molar-refractivity contribution is 8.02. The van der Waals surface area contributed by atoms with Crippen molar-refractivity contribution in [3.05, 3.63) is 53.4 Å². The molecular weight excluding hydrogens is 286 g/mol. The van der Waals surface area contributed by atoms with Crippen molar-refractivity contribution >= 4 is 29.0 Å². The van der Waals surface area contributed by atoms with Crippen LogP contribution in [0.2, 0.25) is 0 Å². The zero-order valence-corrected chi connectivity index (χ0v) is 13.3. The minimum Gasteiger partial charge on any atom is -0.349 e. The first-order valence-electron chi connectivity index (χ1n) is 6.76. The Labute approximate surface area is 128 Å². The summed E-state index contributed by atoms with van der Waals surface area (Å²) < 4.78 is 1.19. The van der Waals surface area contributed by atoms with Gasteiger partial charge in [-0.15, -0.1) is 23.1 Å². The number of hydrogen-bond donors (Lipinski definition) is 1. The Balaban J connectivity index is 1.95. The molecule has 0 bridgehead atoms. The first-order chi connectivity index (χ1) is 9.70. The van der Waals surface area contributed by atoms with E-state index in [0.717, 1.165) is 12.0 Å². The maximum absolute atomic E-state index is 12.4.